The van der Waals surface area contributed by atoms with Gasteiger partial charge in [0.25, 0.3) is 5.91 Å². The van der Waals surface area contributed by atoms with E-state index < -0.39 is 0 Å². The van der Waals surface area contributed by atoms with Crippen LogP contribution in [0.2, 0.25) is 0 Å². The van der Waals surface area contributed by atoms with Gasteiger partial charge >= 0.3 is 0 Å². The summed E-state index contributed by atoms with van der Waals surface area (Å²) in [4.78, 5) is 24.2. The molecule has 1 fully saturated rings. The third-order valence-corrected chi connectivity index (χ3v) is 5.07. The largest absolute Gasteiger partial charge is 0.485 e. The van der Waals surface area contributed by atoms with Crippen molar-refractivity contribution in [2.24, 2.45) is 0 Å². The normalized spacial score (nSPS) is 25.5. The molecular weight excluding hydrogens is 320 g/mol. The molecule has 1 spiro atoms. The third kappa shape index (κ3) is 4.12. The van der Waals surface area contributed by atoms with E-state index in [0.717, 1.165) is 31.2 Å². The van der Waals surface area contributed by atoms with Gasteiger partial charge in [0, 0.05) is 19.6 Å². The van der Waals surface area contributed by atoms with Crippen LogP contribution in [0.25, 0.3) is 0 Å². The van der Waals surface area contributed by atoms with E-state index in [4.69, 9.17) is 9.47 Å². The molecule has 3 rings (SSSR count). The van der Waals surface area contributed by atoms with Gasteiger partial charge in [-0.05, 0) is 44.7 Å². The van der Waals surface area contributed by atoms with Crippen molar-refractivity contribution in [2.45, 2.75) is 50.7 Å². The molecular formula is C19H26N2O4. The Morgan fingerprint density at radius 2 is 2.16 bits per heavy atom. The number of amides is 2. The molecule has 1 aromatic carbocycles. The molecule has 1 aromatic rings. The summed E-state index contributed by atoms with van der Waals surface area (Å²) in [5.74, 6) is 0.604. The highest BCUT2D eigenvalue weighted by atomic mass is 16.5. The van der Waals surface area contributed by atoms with Gasteiger partial charge in [-0.1, -0.05) is 11.6 Å². The maximum absolute atomic E-state index is 12.3. The SMILES string of the molecule is COCCC(=O)NC1CCC2(CC1)CNC(=O)c1cc(C)ccc1O2. The van der Waals surface area contributed by atoms with Crippen LogP contribution >= 0.6 is 0 Å². The molecule has 1 heterocycles. The molecule has 2 aliphatic rings. The molecule has 6 nitrogen and oxygen atoms in total. The molecule has 1 aliphatic heterocycles. The second kappa shape index (κ2) is 7.44. The Morgan fingerprint density at radius 3 is 2.88 bits per heavy atom. The second-order valence-corrected chi connectivity index (χ2v) is 7.05. The van der Waals surface area contributed by atoms with Gasteiger partial charge in [0.1, 0.15) is 11.4 Å². The zero-order valence-electron chi connectivity index (χ0n) is 14.9. The lowest BCUT2D eigenvalue weighted by Gasteiger charge is -2.39. The topological polar surface area (TPSA) is 76.7 Å². The molecule has 2 amide bonds. The predicted octanol–water partition coefficient (Wildman–Crippen LogP) is 1.95. The van der Waals surface area contributed by atoms with Gasteiger partial charge in [0.2, 0.25) is 5.91 Å². The molecule has 0 unspecified atom stereocenters. The van der Waals surface area contributed by atoms with Crippen LogP contribution in [0, 0.1) is 6.92 Å². The molecule has 0 aromatic heterocycles. The van der Waals surface area contributed by atoms with E-state index in [0.29, 0.717) is 30.9 Å². The van der Waals surface area contributed by atoms with Gasteiger partial charge in [-0.15, -0.1) is 0 Å². The first-order valence-corrected chi connectivity index (χ1v) is 8.87. The number of hydrogen-bond donors (Lipinski definition) is 2. The van der Waals surface area contributed by atoms with Crippen molar-refractivity contribution in [1.29, 1.82) is 0 Å². The number of fused-ring (bicyclic) bond motifs is 1. The first kappa shape index (κ1) is 17.7. The fourth-order valence-electron chi connectivity index (χ4n) is 3.58. The zero-order valence-corrected chi connectivity index (χ0v) is 14.9. The molecule has 25 heavy (non-hydrogen) atoms. The molecule has 136 valence electrons. The zero-order chi connectivity index (χ0) is 17.9. The Labute approximate surface area is 148 Å². The van der Waals surface area contributed by atoms with Gasteiger partial charge in [-0.3, -0.25) is 9.59 Å². The number of benzene rings is 1. The van der Waals surface area contributed by atoms with Crippen molar-refractivity contribution in [3.8, 4) is 5.75 Å². The molecule has 0 saturated heterocycles. The van der Waals surface area contributed by atoms with E-state index in [2.05, 4.69) is 10.6 Å². The van der Waals surface area contributed by atoms with E-state index in [9.17, 15) is 9.59 Å². The highest BCUT2D eigenvalue weighted by Crippen LogP contribution is 2.36. The number of carbonyl (C=O) groups excluding carboxylic acids is 2. The van der Waals surface area contributed by atoms with Crippen LogP contribution < -0.4 is 15.4 Å². The summed E-state index contributed by atoms with van der Waals surface area (Å²) in [6.07, 6.45) is 3.68. The van der Waals surface area contributed by atoms with Crippen molar-refractivity contribution >= 4 is 11.8 Å². The summed E-state index contributed by atoms with van der Waals surface area (Å²) >= 11 is 0. The van der Waals surface area contributed by atoms with E-state index in [1.54, 1.807) is 7.11 Å². The Balaban J connectivity index is 1.64. The van der Waals surface area contributed by atoms with Gasteiger partial charge in [0.15, 0.2) is 0 Å². The van der Waals surface area contributed by atoms with Gasteiger partial charge < -0.3 is 20.1 Å². The Kier molecular flexibility index (Phi) is 5.27. The number of hydrogen-bond acceptors (Lipinski definition) is 4. The maximum atomic E-state index is 12.3. The number of nitrogens with one attached hydrogen (secondary N) is 2. The van der Waals surface area contributed by atoms with Crippen molar-refractivity contribution in [2.75, 3.05) is 20.3 Å². The molecule has 1 aliphatic carbocycles. The Hall–Kier alpha value is -2.08. The van der Waals surface area contributed by atoms with Crippen LogP contribution in [0.3, 0.4) is 0 Å². The lowest BCUT2D eigenvalue weighted by atomic mass is 9.81. The molecule has 1 saturated carbocycles. The van der Waals surface area contributed by atoms with Crippen LogP contribution in [-0.2, 0) is 9.53 Å². The standard InChI is InChI=1S/C19H26N2O4/c1-13-3-4-16-15(11-13)18(23)20-12-19(25-16)8-5-14(6-9-19)21-17(22)7-10-24-2/h3-4,11,14H,5-10,12H2,1-2H3,(H,20,23)(H,21,22). The lowest BCUT2D eigenvalue weighted by molar-refractivity contribution is -0.123. The Bertz CT molecular complexity index is 651. The van der Waals surface area contributed by atoms with Gasteiger partial charge in [0.05, 0.1) is 18.7 Å². The first-order valence-electron chi connectivity index (χ1n) is 8.87. The molecule has 2 N–H and O–H groups in total. The van der Waals surface area contributed by atoms with Crippen molar-refractivity contribution in [1.82, 2.24) is 10.6 Å². The molecule has 0 atom stereocenters. The summed E-state index contributed by atoms with van der Waals surface area (Å²) in [7, 11) is 1.59. The van der Waals surface area contributed by atoms with Gasteiger partial charge in [-0.2, -0.15) is 0 Å². The number of rotatable bonds is 4. The number of carbonyl (C=O) groups is 2. The summed E-state index contributed by atoms with van der Waals surface area (Å²) in [5.41, 5.74) is 1.26. The van der Waals surface area contributed by atoms with Crippen LogP contribution in [0.4, 0.5) is 0 Å². The fraction of sp³-hybridized carbons (Fsp3) is 0.579. The smallest absolute Gasteiger partial charge is 0.255 e. The van der Waals surface area contributed by atoms with E-state index >= 15 is 0 Å². The molecule has 6 heteroatoms. The second-order valence-electron chi connectivity index (χ2n) is 7.05. The highest BCUT2D eigenvalue weighted by molar-refractivity contribution is 5.97. The average molecular weight is 346 g/mol. The molecule has 0 bridgehead atoms. The van der Waals surface area contributed by atoms with Crippen molar-refractivity contribution < 1.29 is 19.1 Å². The lowest BCUT2D eigenvalue weighted by Crippen LogP contribution is -2.51. The minimum absolute atomic E-state index is 0.0266. The third-order valence-electron chi connectivity index (χ3n) is 5.07. The fourth-order valence-corrected chi connectivity index (χ4v) is 3.58. The summed E-state index contributed by atoms with van der Waals surface area (Å²) in [6, 6.07) is 5.88. The summed E-state index contributed by atoms with van der Waals surface area (Å²) in [5, 5.41) is 6.07. The van der Waals surface area contributed by atoms with Crippen LogP contribution in [0.15, 0.2) is 18.2 Å². The average Bonchev–Trinajstić information content (AvgIpc) is 2.73. The van der Waals surface area contributed by atoms with E-state index in [1.165, 1.54) is 0 Å². The predicted molar refractivity (Wildman–Crippen MR) is 93.8 cm³/mol. The van der Waals surface area contributed by atoms with E-state index in [-0.39, 0.29) is 23.5 Å². The van der Waals surface area contributed by atoms with Crippen LogP contribution in [0.1, 0.15) is 48.0 Å². The maximum Gasteiger partial charge on any atom is 0.255 e. The quantitative estimate of drug-likeness (QED) is 0.874. The minimum Gasteiger partial charge on any atom is -0.485 e. The van der Waals surface area contributed by atoms with Gasteiger partial charge in [-0.25, -0.2) is 0 Å². The highest BCUT2D eigenvalue weighted by Gasteiger charge is 2.40. The Morgan fingerprint density at radius 1 is 1.40 bits per heavy atom. The minimum atomic E-state index is -0.385. The first-order chi connectivity index (χ1) is 12.0. The summed E-state index contributed by atoms with van der Waals surface area (Å²) < 4.78 is 11.2. The number of aryl methyl sites for hydroxylation is 1. The monoisotopic (exact) mass is 346 g/mol. The summed E-state index contributed by atoms with van der Waals surface area (Å²) in [6.45, 7) is 2.91. The number of ether oxygens (including phenoxy) is 2. The van der Waals surface area contributed by atoms with Crippen LogP contribution in [0.5, 0.6) is 5.75 Å². The van der Waals surface area contributed by atoms with Crippen LogP contribution in [-0.4, -0.2) is 43.7 Å². The van der Waals surface area contributed by atoms with Crippen molar-refractivity contribution in [3.63, 3.8) is 0 Å². The van der Waals surface area contributed by atoms with E-state index in [1.807, 2.05) is 25.1 Å². The number of methoxy groups -OCH3 is 1. The molecule has 0 radical (unpaired) electrons. The van der Waals surface area contributed by atoms with Crippen molar-refractivity contribution in [3.05, 3.63) is 29.3 Å².